The third kappa shape index (κ3) is 5.05. The maximum atomic E-state index is 12.1. The molecule has 19 heavy (non-hydrogen) atoms. The SMILES string of the molecule is O=C(O)C(Cc1ccc(I)cc1)NC(=O)C(F)(F)F. The molecule has 0 spiro atoms. The molecule has 0 aromatic heterocycles. The van der Waals surface area contributed by atoms with Crippen molar-refractivity contribution >= 4 is 34.5 Å². The lowest BCUT2D eigenvalue weighted by atomic mass is 10.1. The molecule has 104 valence electrons. The van der Waals surface area contributed by atoms with Crippen molar-refractivity contribution in [3.05, 3.63) is 33.4 Å². The van der Waals surface area contributed by atoms with Gasteiger partial charge in [-0.3, -0.25) is 4.79 Å². The molecule has 2 N–H and O–H groups in total. The molecular weight excluding hydrogens is 378 g/mol. The van der Waals surface area contributed by atoms with E-state index in [1.807, 2.05) is 22.6 Å². The smallest absolute Gasteiger partial charge is 0.471 e. The maximum Gasteiger partial charge on any atom is 0.471 e. The first-order chi connectivity index (χ1) is 8.70. The zero-order valence-electron chi connectivity index (χ0n) is 9.37. The molecule has 0 fully saturated rings. The van der Waals surface area contributed by atoms with Crippen molar-refractivity contribution in [3.63, 3.8) is 0 Å². The Bertz CT molecular complexity index is 473. The number of carbonyl (C=O) groups is 2. The van der Waals surface area contributed by atoms with Crippen molar-refractivity contribution in [2.45, 2.75) is 18.6 Å². The number of carboxylic acids is 1. The summed E-state index contributed by atoms with van der Waals surface area (Å²) in [5, 5.41) is 10.3. The summed E-state index contributed by atoms with van der Waals surface area (Å²) in [6, 6.07) is 4.96. The normalized spacial score (nSPS) is 12.8. The fraction of sp³-hybridized carbons (Fsp3) is 0.273. The molecule has 0 aliphatic carbocycles. The molecule has 1 amide bonds. The van der Waals surface area contributed by atoms with Gasteiger partial charge >= 0.3 is 18.1 Å². The van der Waals surface area contributed by atoms with Gasteiger partial charge in [0, 0.05) is 9.99 Å². The summed E-state index contributed by atoms with van der Waals surface area (Å²) in [6.07, 6.45) is -5.31. The first-order valence-electron chi connectivity index (χ1n) is 5.05. The van der Waals surface area contributed by atoms with Crippen LogP contribution in [0.4, 0.5) is 13.2 Å². The van der Waals surface area contributed by atoms with Crippen molar-refractivity contribution < 1.29 is 27.9 Å². The molecule has 0 saturated heterocycles. The van der Waals surface area contributed by atoms with Crippen LogP contribution in [0.1, 0.15) is 5.56 Å². The number of aliphatic carboxylic acids is 1. The van der Waals surface area contributed by atoms with Crippen LogP contribution in [0.25, 0.3) is 0 Å². The average molecular weight is 387 g/mol. The fourth-order valence-electron chi connectivity index (χ4n) is 1.30. The van der Waals surface area contributed by atoms with E-state index in [-0.39, 0.29) is 6.42 Å². The lowest BCUT2D eigenvalue weighted by molar-refractivity contribution is -0.175. The number of rotatable bonds is 4. The predicted molar refractivity (Wildman–Crippen MR) is 68.5 cm³/mol. The van der Waals surface area contributed by atoms with Gasteiger partial charge in [0.15, 0.2) is 0 Å². The highest BCUT2D eigenvalue weighted by Gasteiger charge is 2.40. The zero-order chi connectivity index (χ0) is 14.6. The van der Waals surface area contributed by atoms with Gasteiger partial charge in [0.25, 0.3) is 0 Å². The molecule has 1 aromatic rings. The number of benzene rings is 1. The molecule has 0 heterocycles. The first-order valence-corrected chi connectivity index (χ1v) is 6.13. The van der Waals surface area contributed by atoms with Gasteiger partial charge in [-0.15, -0.1) is 0 Å². The van der Waals surface area contributed by atoms with Gasteiger partial charge in [0.05, 0.1) is 0 Å². The molecule has 1 aromatic carbocycles. The third-order valence-electron chi connectivity index (χ3n) is 2.21. The van der Waals surface area contributed by atoms with Crippen LogP contribution in [0.15, 0.2) is 24.3 Å². The molecule has 1 unspecified atom stereocenters. The van der Waals surface area contributed by atoms with Gasteiger partial charge in [0.2, 0.25) is 0 Å². The second kappa shape index (κ2) is 6.22. The Morgan fingerprint density at radius 1 is 1.26 bits per heavy atom. The van der Waals surface area contributed by atoms with E-state index in [1.165, 1.54) is 5.32 Å². The van der Waals surface area contributed by atoms with E-state index < -0.39 is 24.1 Å². The highest BCUT2D eigenvalue weighted by atomic mass is 127. The summed E-state index contributed by atoms with van der Waals surface area (Å²) in [5.41, 5.74) is 0.523. The number of carbonyl (C=O) groups excluding carboxylic acids is 1. The summed E-state index contributed by atoms with van der Waals surface area (Å²) in [7, 11) is 0. The largest absolute Gasteiger partial charge is 0.480 e. The van der Waals surface area contributed by atoms with E-state index in [0.29, 0.717) is 5.56 Å². The number of amides is 1. The Balaban J connectivity index is 2.77. The summed E-state index contributed by atoms with van der Waals surface area (Å²) >= 11 is 2.04. The van der Waals surface area contributed by atoms with E-state index in [1.54, 1.807) is 24.3 Å². The highest BCUT2D eigenvalue weighted by Crippen LogP contribution is 2.15. The minimum Gasteiger partial charge on any atom is -0.480 e. The van der Waals surface area contributed by atoms with E-state index in [9.17, 15) is 22.8 Å². The summed E-state index contributed by atoms with van der Waals surface area (Å²) in [4.78, 5) is 21.6. The van der Waals surface area contributed by atoms with Crippen LogP contribution in [0.3, 0.4) is 0 Å². The molecule has 4 nitrogen and oxygen atoms in total. The van der Waals surface area contributed by atoms with Crippen molar-refractivity contribution in [2.24, 2.45) is 0 Å². The quantitative estimate of drug-likeness (QED) is 0.777. The first kappa shape index (κ1) is 15.7. The van der Waals surface area contributed by atoms with E-state index in [2.05, 4.69) is 0 Å². The predicted octanol–water partition coefficient (Wildman–Crippen LogP) is 1.97. The number of halogens is 4. The average Bonchev–Trinajstić information content (AvgIpc) is 2.29. The maximum absolute atomic E-state index is 12.1. The van der Waals surface area contributed by atoms with Crippen LogP contribution in [0.2, 0.25) is 0 Å². The molecule has 0 radical (unpaired) electrons. The van der Waals surface area contributed by atoms with Crippen LogP contribution in [-0.4, -0.2) is 29.2 Å². The van der Waals surface area contributed by atoms with Crippen LogP contribution in [0, 0.1) is 3.57 Å². The second-order valence-corrected chi connectivity index (χ2v) is 4.94. The van der Waals surface area contributed by atoms with E-state index >= 15 is 0 Å². The number of nitrogens with one attached hydrogen (secondary N) is 1. The minimum atomic E-state index is -5.10. The zero-order valence-corrected chi connectivity index (χ0v) is 11.5. The van der Waals surface area contributed by atoms with Gasteiger partial charge in [-0.05, 0) is 40.3 Å². The van der Waals surface area contributed by atoms with Crippen molar-refractivity contribution in [1.82, 2.24) is 5.32 Å². The lowest BCUT2D eigenvalue weighted by Crippen LogP contribution is -2.47. The number of alkyl halides is 3. The second-order valence-electron chi connectivity index (χ2n) is 3.69. The molecule has 0 saturated carbocycles. The van der Waals surface area contributed by atoms with Gasteiger partial charge < -0.3 is 10.4 Å². The van der Waals surface area contributed by atoms with Crippen LogP contribution in [0.5, 0.6) is 0 Å². The van der Waals surface area contributed by atoms with Crippen molar-refractivity contribution in [3.8, 4) is 0 Å². The van der Waals surface area contributed by atoms with E-state index in [0.717, 1.165) is 3.57 Å². The highest BCUT2D eigenvalue weighted by molar-refractivity contribution is 14.1. The Morgan fingerprint density at radius 2 is 1.79 bits per heavy atom. The number of carboxylic acid groups (broad SMARTS) is 1. The molecular formula is C11H9F3INO3. The lowest BCUT2D eigenvalue weighted by Gasteiger charge is -2.15. The van der Waals surface area contributed by atoms with Crippen LogP contribution < -0.4 is 5.32 Å². The topological polar surface area (TPSA) is 66.4 Å². The van der Waals surface area contributed by atoms with Gasteiger partial charge in [-0.1, -0.05) is 12.1 Å². The third-order valence-corrected chi connectivity index (χ3v) is 2.93. The van der Waals surface area contributed by atoms with E-state index in [4.69, 9.17) is 5.11 Å². The van der Waals surface area contributed by atoms with Crippen LogP contribution >= 0.6 is 22.6 Å². The summed E-state index contributed by atoms with van der Waals surface area (Å²) < 4.78 is 37.1. The molecule has 0 bridgehead atoms. The summed E-state index contributed by atoms with van der Waals surface area (Å²) in [6.45, 7) is 0. The Morgan fingerprint density at radius 3 is 2.21 bits per heavy atom. The molecule has 1 atom stereocenters. The summed E-state index contributed by atoms with van der Waals surface area (Å²) in [5.74, 6) is -3.78. The molecule has 0 aliphatic heterocycles. The monoisotopic (exact) mass is 387 g/mol. The minimum absolute atomic E-state index is 0.214. The van der Waals surface area contributed by atoms with Gasteiger partial charge in [-0.2, -0.15) is 13.2 Å². The fourth-order valence-corrected chi connectivity index (χ4v) is 1.66. The van der Waals surface area contributed by atoms with Crippen LogP contribution in [-0.2, 0) is 16.0 Å². The molecule has 1 rings (SSSR count). The Kier molecular flexibility index (Phi) is 5.15. The Labute approximate surface area is 120 Å². The van der Waals surface area contributed by atoms with Gasteiger partial charge in [-0.25, -0.2) is 4.79 Å². The number of hydrogen-bond donors (Lipinski definition) is 2. The number of hydrogen-bond acceptors (Lipinski definition) is 2. The molecule has 0 aliphatic rings. The van der Waals surface area contributed by atoms with Crippen molar-refractivity contribution in [2.75, 3.05) is 0 Å². The Hall–Kier alpha value is -1.32. The van der Waals surface area contributed by atoms with Crippen molar-refractivity contribution in [1.29, 1.82) is 0 Å². The van der Waals surface area contributed by atoms with Gasteiger partial charge in [0.1, 0.15) is 6.04 Å². The molecule has 8 heteroatoms. The standard InChI is InChI=1S/C11H9F3INO3/c12-11(13,14)10(19)16-8(9(17)18)5-6-1-3-7(15)4-2-6/h1-4,8H,5H2,(H,16,19)(H,17,18).